The Balaban J connectivity index is 1.99. The number of nitrogens with zero attached hydrogens (tertiary/aromatic N) is 3. The number of hydroxylamine groups is 1. The molecule has 7 heteroatoms. The highest BCUT2D eigenvalue weighted by Crippen LogP contribution is 2.12. The van der Waals surface area contributed by atoms with Gasteiger partial charge in [0.05, 0.1) is 10.9 Å². The third-order valence-electron chi connectivity index (χ3n) is 3.92. The van der Waals surface area contributed by atoms with Crippen molar-refractivity contribution in [2.75, 3.05) is 0 Å². The molecule has 1 aromatic carbocycles. The van der Waals surface area contributed by atoms with Crippen LogP contribution in [0.4, 0.5) is 0 Å². The predicted molar refractivity (Wildman–Crippen MR) is 87.9 cm³/mol. The summed E-state index contributed by atoms with van der Waals surface area (Å²) in [4.78, 5) is 32.5. The van der Waals surface area contributed by atoms with Crippen molar-refractivity contribution in [2.24, 2.45) is 7.05 Å². The zero-order chi connectivity index (χ0) is 17.1. The normalized spacial score (nSPS) is 10.8. The Morgan fingerprint density at radius 2 is 1.96 bits per heavy atom. The number of pyridine rings is 1. The van der Waals surface area contributed by atoms with Crippen LogP contribution in [0.15, 0.2) is 47.5 Å². The highest BCUT2D eigenvalue weighted by molar-refractivity contribution is 5.96. The van der Waals surface area contributed by atoms with E-state index in [-0.39, 0.29) is 11.1 Å². The van der Waals surface area contributed by atoms with E-state index < -0.39 is 5.91 Å². The molecule has 24 heavy (non-hydrogen) atoms. The van der Waals surface area contributed by atoms with Gasteiger partial charge in [-0.2, -0.15) is 0 Å². The minimum absolute atomic E-state index is 0.166. The molecule has 7 nitrogen and oxygen atoms in total. The van der Waals surface area contributed by atoms with Crippen LogP contribution >= 0.6 is 0 Å². The molecule has 0 radical (unpaired) electrons. The molecule has 0 aliphatic rings. The summed E-state index contributed by atoms with van der Waals surface area (Å²) in [5.41, 5.74) is 3.19. The van der Waals surface area contributed by atoms with Crippen LogP contribution in [0.3, 0.4) is 0 Å². The smallest absolute Gasteiger partial charge is 0.274 e. The number of carbonyl (C=O) groups is 1. The predicted octanol–water partition coefficient (Wildman–Crippen LogP) is 1.23. The topological polar surface area (TPSA) is 97.1 Å². The number of aryl methyl sites for hydroxylation is 2. The molecule has 0 atom stereocenters. The second-order valence-corrected chi connectivity index (χ2v) is 5.42. The fourth-order valence-corrected chi connectivity index (χ4v) is 2.55. The first-order valence-electron chi connectivity index (χ1n) is 7.43. The summed E-state index contributed by atoms with van der Waals surface area (Å²) in [6.07, 6.45) is 4.76. The molecule has 3 aromatic rings. The zero-order valence-corrected chi connectivity index (χ0v) is 13.1. The number of fused-ring (bicyclic) bond motifs is 1. The van der Waals surface area contributed by atoms with Crippen LogP contribution in [0.5, 0.6) is 0 Å². The molecule has 0 spiro atoms. The van der Waals surface area contributed by atoms with Gasteiger partial charge in [0, 0.05) is 31.4 Å². The minimum Gasteiger partial charge on any atom is -0.299 e. The average molecular weight is 324 g/mol. The third kappa shape index (κ3) is 3.02. The molecular formula is C17H16N4O3. The Morgan fingerprint density at radius 3 is 2.67 bits per heavy atom. The molecule has 0 bridgehead atoms. The quantitative estimate of drug-likeness (QED) is 0.556. The number of carbonyl (C=O) groups excluding carboxylic acids is 1. The Morgan fingerprint density at radius 1 is 1.21 bits per heavy atom. The highest BCUT2D eigenvalue weighted by atomic mass is 16.5. The van der Waals surface area contributed by atoms with Crippen LogP contribution in [0, 0.1) is 0 Å². The van der Waals surface area contributed by atoms with Crippen molar-refractivity contribution >= 4 is 16.8 Å². The van der Waals surface area contributed by atoms with E-state index >= 15 is 0 Å². The first-order valence-corrected chi connectivity index (χ1v) is 7.43. The van der Waals surface area contributed by atoms with Crippen molar-refractivity contribution in [3.05, 3.63) is 70.0 Å². The van der Waals surface area contributed by atoms with Crippen LogP contribution in [-0.2, 0) is 19.9 Å². The minimum atomic E-state index is -0.641. The maximum absolute atomic E-state index is 12.5. The molecule has 2 aromatic heterocycles. The molecule has 2 heterocycles. The Labute approximate surface area is 137 Å². The summed E-state index contributed by atoms with van der Waals surface area (Å²) in [5.74, 6) is -0.0106. The largest absolute Gasteiger partial charge is 0.299 e. The maximum atomic E-state index is 12.5. The molecule has 0 saturated carbocycles. The summed E-state index contributed by atoms with van der Waals surface area (Å²) >= 11 is 0. The highest BCUT2D eigenvalue weighted by Gasteiger charge is 2.11. The van der Waals surface area contributed by atoms with E-state index in [0.29, 0.717) is 23.1 Å². The van der Waals surface area contributed by atoms with Gasteiger partial charge >= 0.3 is 0 Å². The van der Waals surface area contributed by atoms with Gasteiger partial charge in [-0.3, -0.25) is 24.3 Å². The summed E-state index contributed by atoms with van der Waals surface area (Å²) in [5, 5.41) is 9.16. The standard InChI is InChI=1S/C17H16N4O3/c1-21-15(5-2-11-6-8-18-9-7-11)19-14-10-12(16(22)20-24)3-4-13(14)17(21)23/h3-4,6-10,24H,2,5H2,1H3,(H,20,22). The lowest BCUT2D eigenvalue weighted by molar-refractivity contribution is 0.0706. The number of nitrogens with one attached hydrogen (secondary N) is 1. The number of hydrogen-bond acceptors (Lipinski definition) is 5. The summed E-state index contributed by atoms with van der Waals surface area (Å²) in [6.45, 7) is 0. The molecule has 0 saturated heterocycles. The summed E-state index contributed by atoms with van der Waals surface area (Å²) in [7, 11) is 1.69. The molecule has 122 valence electrons. The fourth-order valence-electron chi connectivity index (χ4n) is 2.55. The molecular weight excluding hydrogens is 308 g/mol. The summed E-state index contributed by atoms with van der Waals surface area (Å²) < 4.78 is 1.52. The third-order valence-corrected chi connectivity index (χ3v) is 3.92. The van der Waals surface area contributed by atoms with E-state index in [2.05, 4.69) is 9.97 Å². The number of benzene rings is 1. The van der Waals surface area contributed by atoms with Gasteiger partial charge in [0.15, 0.2) is 0 Å². The van der Waals surface area contributed by atoms with Crippen molar-refractivity contribution in [3.8, 4) is 0 Å². The summed E-state index contributed by atoms with van der Waals surface area (Å²) in [6, 6.07) is 8.36. The van der Waals surface area contributed by atoms with Gasteiger partial charge in [-0.1, -0.05) is 0 Å². The van der Waals surface area contributed by atoms with E-state index in [1.807, 2.05) is 12.1 Å². The molecule has 0 aliphatic carbocycles. The van der Waals surface area contributed by atoms with Crippen LogP contribution < -0.4 is 11.0 Å². The van der Waals surface area contributed by atoms with Crippen LogP contribution in [0.25, 0.3) is 10.9 Å². The number of rotatable bonds is 4. The molecule has 0 fully saturated rings. The van der Waals surface area contributed by atoms with Gasteiger partial charge in [0.2, 0.25) is 0 Å². The first kappa shape index (κ1) is 15.8. The van der Waals surface area contributed by atoms with Gasteiger partial charge in [-0.05, 0) is 42.3 Å². The van der Waals surface area contributed by atoms with Crippen molar-refractivity contribution in [2.45, 2.75) is 12.8 Å². The molecule has 1 amide bonds. The number of hydrogen-bond donors (Lipinski definition) is 2. The van der Waals surface area contributed by atoms with E-state index in [9.17, 15) is 9.59 Å². The van der Waals surface area contributed by atoms with Crippen LogP contribution in [-0.4, -0.2) is 25.6 Å². The fraction of sp³-hybridized carbons (Fsp3) is 0.176. The first-order chi connectivity index (χ1) is 11.6. The molecule has 3 rings (SSSR count). The van der Waals surface area contributed by atoms with E-state index in [4.69, 9.17) is 5.21 Å². The van der Waals surface area contributed by atoms with Crippen LogP contribution in [0.1, 0.15) is 21.7 Å². The lowest BCUT2D eigenvalue weighted by Gasteiger charge is -2.10. The molecule has 0 unspecified atom stereocenters. The maximum Gasteiger partial charge on any atom is 0.274 e. The molecule has 2 N–H and O–H groups in total. The van der Waals surface area contributed by atoms with Crippen LogP contribution in [0.2, 0.25) is 0 Å². The number of amides is 1. The van der Waals surface area contributed by atoms with Gasteiger partial charge in [-0.15, -0.1) is 0 Å². The second-order valence-electron chi connectivity index (χ2n) is 5.42. The lowest BCUT2D eigenvalue weighted by Crippen LogP contribution is -2.23. The van der Waals surface area contributed by atoms with E-state index in [1.165, 1.54) is 16.7 Å². The van der Waals surface area contributed by atoms with Crippen molar-refractivity contribution in [3.63, 3.8) is 0 Å². The SMILES string of the molecule is Cn1c(CCc2ccncc2)nc2cc(C(=O)NO)ccc2c1=O. The number of aromatic nitrogens is 3. The molecule has 0 aliphatic heterocycles. The van der Waals surface area contributed by atoms with Crippen molar-refractivity contribution in [1.82, 2.24) is 20.0 Å². The van der Waals surface area contributed by atoms with Crippen molar-refractivity contribution in [1.29, 1.82) is 0 Å². The van der Waals surface area contributed by atoms with E-state index in [1.54, 1.807) is 31.0 Å². The zero-order valence-electron chi connectivity index (χ0n) is 13.1. The van der Waals surface area contributed by atoms with Gasteiger partial charge < -0.3 is 0 Å². The monoisotopic (exact) mass is 324 g/mol. The lowest BCUT2D eigenvalue weighted by atomic mass is 10.1. The van der Waals surface area contributed by atoms with Gasteiger partial charge in [-0.25, -0.2) is 10.5 Å². The van der Waals surface area contributed by atoms with Gasteiger partial charge in [0.1, 0.15) is 5.82 Å². The van der Waals surface area contributed by atoms with E-state index in [0.717, 1.165) is 12.0 Å². The average Bonchev–Trinajstić information content (AvgIpc) is 2.63. The Hall–Kier alpha value is -3.06. The Bertz CT molecular complexity index is 951. The van der Waals surface area contributed by atoms with Gasteiger partial charge in [0.25, 0.3) is 11.5 Å². The van der Waals surface area contributed by atoms with Crippen molar-refractivity contribution < 1.29 is 10.0 Å². The Kier molecular flexibility index (Phi) is 4.35. The second kappa shape index (κ2) is 6.59.